The Kier molecular flexibility index (Phi) is 21.3. The molecule has 0 saturated heterocycles. The topological polar surface area (TPSA) is 116 Å². The van der Waals surface area contributed by atoms with E-state index in [9.17, 15) is 14.5 Å². The van der Waals surface area contributed by atoms with E-state index in [1.165, 1.54) is 51.4 Å². The largest absolute Gasteiger partial charge is 0.469 e. The zero-order valence-corrected chi connectivity index (χ0v) is 21.9. The summed E-state index contributed by atoms with van der Waals surface area (Å²) >= 11 is 0. The molecular weight excluding hydrogens is 441 g/mol. The lowest BCUT2D eigenvalue weighted by Crippen LogP contribution is -2.45. The summed E-state index contributed by atoms with van der Waals surface area (Å²) in [5.41, 5.74) is 0. The standard InChI is InChI=1S/C25H50NO6P/c1-3-5-7-9-10-11-12-13-14-15-17-18-20-24(27)23(22-32-33(29,30)31)26-25(28)21-19-16-8-6-4-2/h18,20,23-24,27H,3-17,19,21-22H2,1-2H3,(H,26,28)(H2,29,30,31)/b20-18+/t23-,24+/m0/s1. The van der Waals surface area contributed by atoms with Crippen molar-refractivity contribution in [2.24, 2.45) is 0 Å². The molecule has 7 nitrogen and oxygen atoms in total. The predicted octanol–water partition coefficient (Wildman–Crippen LogP) is 6.17. The van der Waals surface area contributed by atoms with E-state index in [0.29, 0.717) is 6.42 Å². The minimum absolute atomic E-state index is 0.243. The van der Waals surface area contributed by atoms with Gasteiger partial charge in [-0.2, -0.15) is 0 Å². The summed E-state index contributed by atoms with van der Waals surface area (Å²) in [4.78, 5) is 30.1. The summed E-state index contributed by atoms with van der Waals surface area (Å²) in [6, 6.07) is -0.898. The smallest absolute Gasteiger partial charge is 0.387 e. The lowest BCUT2D eigenvalue weighted by molar-refractivity contribution is -0.123. The van der Waals surface area contributed by atoms with Gasteiger partial charge >= 0.3 is 7.82 Å². The molecule has 0 saturated carbocycles. The second-order valence-corrected chi connectivity index (χ2v) is 10.3. The third-order valence-corrected chi connectivity index (χ3v) is 6.23. The first kappa shape index (κ1) is 32.3. The summed E-state index contributed by atoms with van der Waals surface area (Å²) in [5.74, 6) is -0.243. The molecule has 0 aliphatic rings. The average Bonchev–Trinajstić information content (AvgIpc) is 2.76. The number of hydrogen-bond acceptors (Lipinski definition) is 4. The first-order valence-electron chi connectivity index (χ1n) is 13.1. The molecule has 2 atom stereocenters. The zero-order valence-electron chi connectivity index (χ0n) is 21.1. The van der Waals surface area contributed by atoms with Gasteiger partial charge in [0.25, 0.3) is 0 Å². The zero-order chi connectivity index (χ0) is 24.8. The van der Waals surface area contributed by atoms with Gasteiger partial charge in [0.1, 0.15) is 0 Å². The van der Waals surface area contributed by atoms with Crippen LogP contribution in [0, 0.1) is 0 Å². The van der Waals surface area contributed by atoms with Crippen LogP contribution in [0.1, 0.15) is 123 Å². The van der Waals surface area contributed by atoms with Crippen molar-refractivity contribution in [2.75, 3.05) is 6.61 Å². The number of amides is 1. The molecule has 0 spiro atoms. The SMILES string of the molecule is CCCCCCCCCCCC/C=C/[C@@H](O)[C@H](COP(=O)(O)O)NC(=O)CCCCCCC. The number of rotatable bonds is 23. The van der Waals surface area contributed by atoms with Crippen molar-refractivity contribution in [1.29, 1.82) is 0 Å². The van der Waals surface area contributed by atoms with Crippen LogP contribution < -0.4 is 5.32 Å². The number of phosphoric ester groups is 1. The molecule has 0 aromatic carbocycles. The van der Waals surface area contributed by atoms with Gasteiger partial charge in [0.05, 0.1) is 18.8 Å². The Morgan fingerprint density at radius 2 is 1.33 bits per heavy atom. The molecule has 4 N–H and O–H groups in total. The molecule has 8 heteroatoms. The number of nitrogens with one attached hydrogen (secondary N) is 1. The quantitative estimate of drug-likeness (QED) is 0.0772. The molecule has 33 heavy (non-hydrogen) atoms. The highest BCUT2D eigenvalue weighted by Crippen LogP contribution is 2.35. The van der Waals surface area contributed by atoms with Gasteiger partial charge in [-0.1, -0.05) is 109 Å². The third-order valence-electron chi connectivity index (χ3n) is 5.75. The van der Waals surface area contributed by atoms with E-state index < -0.39 is 26.6 Å². The van der Waals surface area contributed by atoms with E-state index in [1.54, 1.807) is 6.08 Å². The van der Waals surface area contributed by atoms with Gasteiger partial charge in [-0.25, -0.2) is 4.57 Å². The van der Waals surface area contributed by atoms with Crippen LogP contribution in [-0.2, 0) is 13.9 Å². The Labute approximate surface area is 202 Å². The molecule has 0 radical (unpaired) electrons. The second kappa shape index (κ2) is 21.8. The van der Waals surface area contributed by atoms with E-state index in [0.717, 1.165) is 51.4 Å². The molecule has 0 rings (SSSR count). The lowest BCUT2D eigenvalue weighted by Gasteiger charge is -2.22. The number of carbonyl (C=O) groups excluding carboxylic acids is 1. The van der Waals surface area contributed by atoms with Crippen LogP contribution in [0.4, 0.5) is 0 Å². The van der Waals surface area contributed by atoms with Gasteiger partial charge in [-0.05, 0) is 19.3 Å². The van der Waals surface area contributed by atoms with E-state index in [4.69, 9.17) is 9.79 Å². The summed E-state index contributed by atoms with van der Waals surface area (Å²) in [6.45, 7) is 3.91. The van der Waals surface area contributed by atoms with Crippen LogP contribution in [0.15, 0.2) is 12.2 Å². The molecule has 0 aliphatic heterocycles. The van der Waals surface area contributed by atoms with Crippen molar-refractivity contribution >= 4 is 13.7 Å². The normalized spacial score (nSPS) is 14.0. The number of hydrogen-bond donors (Lipinski definition) is 4. The summed E-state index contributed by atoms with van der Waals surface area (Å²) < 4.78 is 15.6. The van der Waals surface area contributed by atoms with Crippen LogP contribution in [0.5, 0.6) is 0 Å². The van der Waals surface area contributed by atoms with Gasteiger partial charge in [-0.3, -0.25) is 9.32 Å². The Hall–Kier alpha value is -0.720. The van der Waals surface area contributed by atoms with E-state index >= 15 is 0 Å². The fourth-order valence-corrected chi connectivity index (χ4v) is 4.05. The molecule has 0 aliphatic carbocycles. The summed E-state index contributed by atoms with van der Waals surface area (Å²) in [5, 5.41) is 13.1. The maximum Gasteiger partial charge on any atom is 0.469 e. The van der Waals surface area contributed by atoms with Crippen molar-refractivity contribution in [3.63, 3.8) is 0 Å². The number of unbranched alkanes of at least 4 members (excludes halogenated alkanes) is 14. The Balaban J connectivity index is 4.21. The van der Waals surface area contributed by atoms with Gasteiger partial charge in [0, 0.05) is 6.42 Å². The van der Waals surface area contributed by atoms with E-state index in [1.807, 2.05) is 6.08 Å². The maximum absolute atomic E-state index is 12.2. The van der Waals surface area contributed by atoms with Crippen molar-refractivity contribution in [3.8, 4) is 0 Å². The highest BCUT2D eigenvalue weighted by Gasteiger charge is 2.24. The minimum atomic E-state index is -4.68. The summed E-state index contributed by atoms with van der Waals surface area (Å²) in [6.07, 6.45) is 21.2. The van der Waals surface area contributed by atoms with Gasteiger partial charge in [0.15, 0.2) is 0 Å². The van der Waals surface area contributed by atoms with Crippen molar-refractivity contribution in [2.45, 2.75) is 135 Å². The fraction of sp³-hybridized carbons (Fsp3) is 0.880. The van der Waals surface area contributed by atoms with Crippen LogP contribution in [0.3, 0.4) is 0 Å². The number of carbonyl (C=O) groups is 1. The predicted molar refractivity (Wildman–Crippen MR) is 135 cm³/mol. The second-order valence-electron chi connectivity index (χ2n) is 9.01. The van der Waals surface area contributed by atoms with Crippen LogP contribution in [0.25, 0.3) is 0 Å². The first-order chi connectivity index (χ1) is 15.8. The molecule has 0 bridgehead atoms. The number of allylic oxidation sites excluding steroid dienone is 1. The first-order valence-corrected chi connectivity index (χ1v) is 14.7. The van der Waals surface area contributed by atoms with E-state index in [2.05, 4.69) is 23.7 Å². The van der Waals surface area contributed by atoms with Gasteiger partial charge in [-0.15, -0.1) is 0 Å². The molecule has 0 aromatic rings. The Morgan fingerprint density at radius 1 is 0.848 bits per heavy atom. The van der Waals surface area contributed by atoms with Gasteiger partial charge < -0.3 is 20.2 Å². The van der Waals surface area contributed by atoms with Crippen LogP contribution in [0.2, 0.25) is 0 Å². The molecule has 0 unspecified atom stereocenters. The molecular formula is C25H50NO6P. The molecule has 0 aromatic heterocycles. The average molecular weight is 492 g/mol. The van der Waals surface area contributed by atoms with E-state index in [-0.39, 0.29) is 5.91 Å². The number of aliphatic hydroxyl groups is 1. The van der Waals surface area contributed by atoms with Gasteiger partial charge in [0.2, 0.25) is 5.91 Å². The maximum atomic E-state index is 12.2. The summed E-state index contributed by atoms with van der Waals surface area (Å²) in [7, 11) is -4.68. The Bertz CT molecular complexity index is 537. The monoisotopic (exact) mass is 491 g/mol. The van der Waals surface area contributed by atoms with Crippen molar-refractivity contribution in [3.05, 3.63) is 12.2 Å². The molecule has 0 heterocycles. The molecule has 0 fully saturated rings. The van der Waals surface area contributed by atoms with Crippen LogP contribution >= 0.6 is 7.82 Å². The minimum Gasteiger partial charge on any atom is -0.387 e. The molecule has 1 amide bonds. The fourth-order valence-electron chi connectivity index (χ4n) is 3.69. The Morgan fingerprint density at radius 3 is 1.85 bits per heavy atom. The highest BCUT2D eigenvalue weighted by molar-refractivity contribution is 7.46. The van der Waals surface area contributed by atoms with Crippen LogP contribution in [-0.4, -0.2) is 39.6 Å². The lowest BCUT2D eigenvalue weighted by atomic mass is 10.1. The number of phosphoric acid groups is 1. The third kappa shape index (κ3) is 22.8. The highest BCUT2D eigenvalue weighted by atomic mass is 31.2. The van der Waals surface area contributed by atoms with Crippen molar-refractivity contribution < 1.29 is 28.8 Å². The number of aliphatic hydroxyl groups excluding tert-OH is 1. The molecule has 196 valence electrons. The van der Waals surface area contributed by atoms with Crippen molar-refractivity contribution in [1.82, 2.24) is 5.32 Å².